The maximum Gasteiger partial charge on any atom is 0.298 e. The molecule has 2 rings (SSSR count). The summed E-state index contributed by atoms with van der Waals surface area (Å²) in [5.41, 5.74) is -1.02. The predicted molar refractivity (Wildman–Crippen MR) is 58.9 cm³/mol. The number of anilines is 1. The molecule has 2 aromatic rings. The Morgan fingerprint density at radius 1 is 1.44 bits per heavy atom. The smallest absolute Gasteiger partial charge is 0.298 e. The van der Waals surface area contributed by atoms with Gasteiger partial charge in [-0.15, -0.1) is 0 Å². The van der Waals surface area contributed by atoms with Gasteiger partial charge < -0.3 is 10.3 Å². The van der Waals surface area contributed by atoms with Gasteiger partial charge in [-0.1, -0.05) is 0 Å². The summed E-state index contributed by atoms with van der Waals surface area (Å²) in [6, 6.07) is 1.24. The summed E-state index contributed by atoms with van der Waals surface area (Å²) >= 11 is 0. The Morgan fingerprint density at radius 2 is 2.22 bits per heavy atom. The zero-order valence-electron chi connectivity index (χ0n) is 8.98. The maximum atomic E-state index is 13.5. The lowest BCUT2D eigenvalue weighted by molar-refractivity contribution is -0.384. The predicted octanol–water partition coefficient (Wildman–Crippen LogP) is 2.21. The summed E-state index contributed by atoms with van der Waals surface area (Å²) in [5, 5.41) is 13.2. The largest absolute Gasteiger partial charge is 0.370 e. The maximum absolute atomic E-state index is 13.5. The number of imidazole rings is 1. The van der Waals surface area contributed by atoms with Gasteiger partial charge in [0.2, 0.25) is 0 Å². The van der Waals surface area contributed by atoms with Gasteiger partial charge in [0.05, 0.1) is 17.5 Å². The summed E-state index contributed by atoms with van der Waals surface area (Å²) in [7, 11) is 0. The third-order valence-electron chi connectivity index (χ3n) is 2.22. The second-order valence-electron chi connectivity index (χ2n) is 3.43. The van der Waals surface area contributed by atoms with Crippen LogP contribution in [-0.4, -0.2) is 14.9 Å². The van der Waals surface area contributed by atoms with Gasteiger partial charge in [-0.2, -0.15) is 0 Å². The minimum atomic E-state index is -1.02. The van der Waals surface area contributed by atoms with Crippen LogP contribution in [0.5, 0.6) is 0 Å². The van der Waals surface area contributed by atoms with Crippen LogP contribution in [0.2, 0.25) is 0 Å². The number of aromatic amines is 1. The molecule has 0 aliphatic carbocycles. The van der Waals surface area contributed by atoms with Crippen molar-refractivity contribution in [3.8, 4) is 0 Å². The van der Waals surface area contributed by atoms with Crippen LogP contribution in [0.25, 0.3) is 0 Å². The number of hydrogen-bond acceptors (Lipinski definition) is 4. The molecule has 6 nitrogen and oxygen atoms in total. The molecule has 0 atom stereocenters. The first-order chi connectivity index (χ1) is 8.58. The third-order valence-corrected chi connectivity index (χ3v) is 2.22. The Kier molecular flexibility index (Phi) is 3.18. The summed E-state index contributed by atoms with van der Waals surface area (Å²) in [4.78, 5) is 16.5. The molecule has 0 saturated carbocycles. The van der Waals surface area contributed by atoms with Crippen molar-refractivity contribution in [2.24, 2.45) is 0 Å². The molecule has 0 radical (unpaired) electrons. The molecule has 0 amide bonds. The van der Waals surface area contributed by atoms with Crippen molar-refractivity contribution in [3.05, 3.63) is 52.1 Å². The zero-order chi connectivity index (χ0) is 13.1. The van der Waals surface area contributed by atoms with Crippen LogP contribution in [0, 0.1) is 21.7 Å². The van der Waals surface area contributed by atoms with E-state index in [0.717, 1.165) is 0 Å². The average molecular weight is 254 g/mol. The fourth-order valence-electron chi connectivity index (χ4n) is 1.45. The fraction of sp³-hybridized carbons (Fsp3) is 0.100. The van der Waals surface area contributed by atoms with Gasteiger partial charge in [0.1, 0.15) is 17.3 Å². The van der Waals surface area contributed by atoms with Gasteiger partial charge in [-0.3, -0.25) is 10.1 Å². The standard InChI is InChI=1S/C10H8F2N4O2/c11-6-3-7(12)10(8(4-6)16(17)18)15-5-9-13-1-2-14-9/h1-4,15H,5H2,(H,13,14). The number of hydrogen-bond donors (Lipinski definition) is 2. The first-order valence-corrected chi connectivity index (χ1v) is 4.93. The monoisotopic (exact) mass is 254 g/mol. The molecule has 1 aromatic heterocycles. The quantitative estimate of drug-likeness (QED) is 0.647. The van der Waals surface area contributed by atoms with E-state index < -0.39 is 22.2 Å². The van der Waals surface area contributed by atoms with Gasteiger partial charge in [0, 0.05) is 18.5 Å². The van der Waals surface area contributed by atoms with E-state index in [9.17, 15) is 18.9 Å². The van der Waals surface area contributed by atoms with E-state index in [1.54, 1.807) is 6.20 Å². The Bertz CT molecular complexity index is 572. The second kappa shape index (κ2) is 4.78. The van der Waals surface area contributed by atoms with Gasteiger partial charge >= 0.3 is 0 Å². The normalized spacial score (nSPS) is 10.3. The SMILES string of the molecule is O=[N+]([O-])c1cc(F)cc(F)c1NCc1ncc[nH]1. The van der Waals surface area contributed by atoms with Crippen molar-refractivity contribution in [2.45, 2.75) is 6.54 Å². The number of halogens is 2. The molecule has 0 spiro atoms. The fourth-order valence-corrected chi connectivity index (χ4v) is 1.45. The van der Waals surface area contributed by atoms with E-state index in [1.807, 2.05) is 0 Å². The highest BCUT2D eigenvalue weighted by molar-refractivity contribution is 5.62. The van der Waals surface area contributed by atoms with E-state index in [-0.39, 0.29) is 12.2 Å². The van der Waals surface area contributed by atoms with Gasteiger partial charge in [-0.05, 0) is 0 Å². The number of H-pyrrole nitrogens is 1. The summed E-state index contributed by atoms with van der Waals surface area (Å²) in [5.74, 6) is -1.54. The summed E-state index contributed by atoms with van der Waals surface area (Å²) in [6.45, 7) is 0.0659. The van der Waals surface area contributed by atoms with Crippen LogP contribution in [0.1, 0.15) is 5.82 Å². The number of aromatic nitrogens is 2. The van der Waals surface area contributed by atoms with Crippen molar-refractivity contribution in [1.82, 2.24) is 9.97 Å². The lowest BCUT2D eigenvalue weighted by Crippen LogP contribution is -2.06. The van der Waals surface area contributed by atoms with Crippen LogP contribution in [0.3, 0.4) is 0 Å². The Hall–Kier alpha value is -2.51. The molecule has 1 aromatic carbocycles. The summed E-state index contributed by atoms with van der Waals surface area (Å²) < 4.78 is 26.4. The average Bonchev–Trinajstić information content (AvgIpc) is 2.79. The van der Waals surface area contributed by atoms with E-state index in [4.69, 9.17) is 0 Å². The van der Waals surface area contributed by atoms with E-state index in [2.05, 4.69) is 15.3 Å². The molecule has 8 heteroatoms. The molecule has 0 saturated heterocycles. The van der Waals surface area contributed by atoms with Crippen LogP contribution in [0.4, 0.5) is 20.2 Å². The molecule has 0 aliphatic rings. The van der Waals surface area contributed by atoms with Gasteiger partial charge in [0.15, 0.2) is 5.82 Å². The molecule has 18 heavy (non-hydrogen) atoms. The number of benzene rings is 1. The first kappa shape index (κ1) is 12.0. The lowest BCUT2D eigenvalue weighted by Gasteiger charge is -2.06. The molecule has 0 aliphatic heterocycles. The number of nitrogens with zero attached hydrogens (tertiary/aromatic N) is 2. The topological polar surface area (TPSA) is 83.8 Å². The molecular formula is C10H8F2N4O2. The number of nitro benzene ring substituents is 1. The minimum absolute atomic E-state index is 0.0659. The highest BCUT2D eigenvalue weighted by Crippen LogP contribution is 2.28. The Morgan fingerprint density at radius 3 is 2.83 bits per heavy atom. The van der Waals surface area contributed by atoms with Crippen molar-refractivity contribution in [3.63, 3.8) is 0 Å². The second-order valence-corrected chi connectivity index (χ2v) is 3.43. The highest BCUT2D eigenvalue weighted by Gasteiger charge is 2.20. The summed E-state index contributed by atoms with van der Waals surface area (Å²) in [6.07, 6.45) is 3.05. The van der Waals surface area contributed by atoms with Crippen molar-refractivity contribution < 1.29 is 13.7 Å². The molecule has 0 fully saturated rings. The van der Waals surface area contributed by atoms with E-state index in [1.165, 1.54) is 6.20 Å². The lowest BCUT2D eigenvalue weighted by atomic mass is 10.2. The van der Waals surface area contributed by atoms with Gasteiger partial charge in [0.25, 0.3) is 5.69 Å². The van der Waals surface area contributed by atoms with Crippen LogP contribution in [-0.2, 0) is 6.54 Å². The number of rotatable bonds is 4. The highest BCUT2D eigenvalue weighted by atomic mass is 19.1. The molecule has 0 bridgehead atoms. The Labute approximate surface area is 99.8 Å². The number of nitro groups is 1. The minimum Gasteiger partial charge on any atom is -0.370 e. The van der Waals surface area contributed by atoms with Crippen LogP contribution < -0.4 is 5.32 Å². The molecule has 94 valence electrons. The van der Waals surface area contributed by atoms with E-state index >= 15 is 0 Å². The first-order valence-electron chi connectivity index (χ1n) is 4.93. The van der Waals surface area contributed by atoms with Crippen LogP contribution in [0.15, 0.2) is 24.5 Å². The van der Waals surface area contributed by atoms with Crippen molar-refractivity contribution in [1.29, 1.82) is 0 Å². The van der Waals surface area contributed by atoms with Crippen molar-refractivity contribution in [2.75, 3.05) is 5.32 Å². The third kappa shape index (κ3) is 2.42. The number of nitrogens with one attached hydrogen (secondary N) is 2. The van der Waals surface area contributed by atoms with Gasteiger partial charge in [-0.25, -0.2) is 13.8 Å². The molecule has 2 N–H and O–H groups in total. The Balaban J connectivity index is 2.28. The molecular weight excluding hydrogens is 246 g/mol. The van der Waals surface area contributed by atoms with Crippen LogP contribution >= 0.6 is 0 Å². The molecule has 0 unspecified atom stereocenters. The zero-order valence-corrected chi connectivity index (χ0v) is 8.98. The van der Waals surface area contributed by atoms with E-state index in [0.29, 0.717) is 18.0 Å². The van der Waals surface area contributed by atoms with Crippen molar-refractivity contribution >= 4 is 11.4 Å². The molecule has 1 heterocycles.